The lowest BCUT2D eigenvalue weighted by Gasteiger charge is -2.46. The fraction of sp³-hybridized carbons (Fsp3) is 0.333. The number of benzene rings is 2. The van der Waals surface area contributed by atoms with Crippen LogP contribution in [0.4, 0.5) is 5.69 Å². The molecule has 0 unspecified atom stereocenters. The molecule has 4 nitrogen and oxygen atoms in total. The lowest BCUT2D eigenvalue weighted by molar-refractivity contribution is 0.0473. The van der Waals surface area contributed by atoms with Crippen molar-refractivity contribution in [2.75, 3.05) is 24.6 Å². The van der Waals surface area contributed by atoms with Gasteiger partial charge in [-0.3, -0.25) is 4.79 Å². The molecule has 2 aliphatic heterocycles. The predicted octanol–water partition coefficient (Wildman–Crippen LogP) is 5.53. The van der Waals surface area contributed by atoms with Gasteiger partial charge < -0.3 is 9.64 Å². The van der Waals surface area contributed by atoms with Crippen LogP contribution in [0.25, 0.3) is 0 Å². The van der Waals surface area contributed by atoms with Gasteiger partial charge in [-0.1, -0.05) is 42.0 Å². The van der Waals surface area contributed by atoms with Crippen LogP contribution in [0.5, 0.6) is 0 Å². The molecular formula is C27H24ClNO3. The van der Waals surface area contributed by atoms with E-state index in [9.17, 15) is 9.59 Å². The monoisotopic (exact) mass is 445 g/mol. The van der Waals surface area contributed by atoms with Gasteiger partial charge in [-0.15, -0.1) is 0 Å². The molecule has 0 radical (unpaired) electrons. The van der Waals surface area contributed by atoms with Crippen LogP contribution in [0.15, 0.2) is 60.7 Å². The Hall–Kier alpha value is -2.85. The Kier molecular flexibility index (Phi) is 4.72. The number of carbonyl (C=O) groups is 2. The number of carbonyl (C=O) groups excluding carboxylic acids is 2. The van der Waals surface area contributed by atoms with Crippen LogP contribution in [0, 0.1) is 11.8 Å². The predicted molar refractivity (Wildman–Crippen MR) is 125 cm³/mol. The highest BCUT2D eigenvalue weighted by atomic mass is 35.5. The molecular weight excluding hydrogens is 422 g/mol. The van der Waals surface area contributed by atoms with Crippen LogP contribution >= 0.6 is 11.6 Å². The van der Waals surface area contributed by atoms with Crippen LogP contribution < -0.4 is 4.90 Å². The molecule has 4 aliphatic rings. The average molecular weight is 446 g/mol. The van der Waals surface area contributed by atoms with E-state index in [4.69, 9.17) is 16.3 Å². The van der Waals surface area contributed by atoms with Gasteiger partial charge in [0.1, 0.15) is 0 Å². The lowest BCUT2D eigenvalue weighted by Crippen LogP contribution is -2.44. The number of hydrogen-bond donors (Lipinski definition) is 0. The first-order valence-corrected chi connectivity index (χ1v) is 11.7. The van der Waals surface area contributed by atoms with Gasteiger partial charge in [0.25, 0.3) is 0 Å². The Morgan fingerprint density at radius 2 is 1.62 bits per heavy atom. The number of anilines is 1. The molecule has 2 aromatic carbocycles. The second-order valence-corrected chi connectivity index (χ2v) is 9.71. The van der Waals surface area contributed by atoms with E-state index < -0.39 is 5.97 Å². The Labute approximate surface area is 192 Å². The number of rotatable bonds is 4. The van der Waals surface area contributed by atoms with Crippen molar-refractivity contribution in [3.05, 3.63) is 88.0 Å². The minimum Gasteiger partial charge on any atom is -0.454 e. The van der Waals surface area contributed by atoms with E-state index in [1.165, 1.54) is 11.3 Å². The summed E-state index contributed by atoms with van der Waals surface area (Å²) in [5.41, 5.74) is 4.73. The Balaban J connectivity index is 1.33. The van der Waals surface area contributed by atoms with E-state index in [2.05, 4.69) is 35.3 Å². The molecule has 2 aliphatic carbocycles. The number of ether oxygens (including phenoxy) is 1. The smallest absolute Gasteiger partial charge is 0.338 e. The molecule has 5 heteroatoms. The van der Waals surface area contributed by atoms with E-state index in [-0.39, 0.29) is 18.3 Å². The minimum absolute atomic E-state index is 0.234. The number of halogens is 1. The van der Waals surface area contributed by atoms with Crippen molar-refractivity contribution < 1.29 is 14.3 Å². The molecule has 0 aromatic heterocycles. The van der Waals surface area contributed by atoms with E-state index >= 15 is 0 Å². The molecule has 0 N–H and O–H groups in total. The van der Waals surface area contributed by atoms with Gasteiger partial charge in [-0.25, -0.2) is 4.79 Å². The summed E-state index contributed by atoms with van der Waals surface area (Å²) in [6, 6.07) is 10.7. The number of allylic oxidation sites excluding steroid dienone is 4. The molecule has 0 fully saturated rings. The zero-order chi connectivity index (χ0) is 21.8. The average Bonchev–Trinajstić information content (AvgIpc) is 3.47. The molecule has 2 heterocycles. The van der Waals surface area contributed by atoms with Crippen molar-refractivity contribution in [3.8, 4) is 0 Å². The van der Waals surface area contributed by atoms with Crippen molar-refractivity contribution in [1.29, 1.82) is 0 Å². The van der Waals surface area contributed by atoms with Gasteiger partial charge in [0.2, 0.25) is 0 Å². The zero-order valence-electron chi connectivity index (χ0n) is 17.7. The molecule has 0 amide bonds. The summed E-state index contributed by atoms with van der Waals surface area (Å²) in [5.74, 6) is 1.12. The second kappa shape index (κ2) is 7.63. The van der Waals surface area contributed by atoms with Crippen molar-refractivity contribution in [3.63, 3.8) is 0 Å². The summed E-state index contributed by atoms with van der Waals surface area (Å²) in [5, 5.41) is 0.565. The topological polar surface area (TPSA) is 46.6 Å². The third kappa shape index (κ3) is 3.12. The molecule has 0 saturated heterocycles. The number of nitrogens with zero attached hydrogens (tertiary/aromatic N) is 1. The van der Waals surface area contributed by atoms with Crippen molar-refractivity contribution >= 4 is 29.0 Å². The molecule has 2 aromatic rings. The molecule has 0 bridgehead atoms. The Morgan fingerprint density at radius 3 is 2.38 bits per heavy atom. The van der Waals surface area contributed by atoms with Gasteiger partial charge in [-0.2, -0.15) is 0 Å². The van der Waals surface area contributed by atoms with Crippen molar-refractivity contribution in [1.82, 2.24) is 0 Å². The maximum absolute atomic E-state index is 13.2. The lowest BCUT2D eigenvalue weighted by atomic mass is 9.73. The summed E-state index contributed by atoms with van der Waals surface area (Å²) in [7, 11) is 0. The fourth-order valence-electron chi connectivity index (χ4n) is 5.99. The molecule has 4 atom stereocenters. The number of esters is 1. The quantitative estimate of drug-likeness (QED) is 0.352. The van der Waals surface area contributed by atoms with E-state index in [1.807, 2.05) is 6.07 Å². The zero-order valence-corrected chi connectivity index (χ0v) is 18.4. The molecule has 162 valence electrons. The van der Waals surface area contributed by atoms with E-state index in [0.717, 1.165) is 31.5 Å². The van der Waals surface area contributed by atoms with Crippen molar-refractivity contribution in [2.45, 2.75) is 24.7 Å². The van der Waals surface area contributed by atoms with E-state index in [1.54, 1.807) is 24.3 Å². The van der Waals surface area contributed by atoms with Crippen LogP contribution in [0.3, 0.4) is 0 Å². The highest BCUT2D eigenvalue weighted by Crippen LogP contribution is 2.53. The Morgan fingerprint density at radius 1 is 0.938 bits per heavy atom. The SMILES string of the molecule is O=C(COC(=O)c1ccc2c3c1[C@H]1C=CC[C@H]1CN3C[C@@H]1CC=C[C@@H]21)c1ccc(Cl)cc1. The molecule has 0 spiro atoms. The summed E-state index contributed by atoms with van der Waals surface area (Å²) in [6.07, 6.45) is 11.3. The standard InChI is InChI=1S/C27H24ClNO3/c28-19-9-7-16(8-10-19)24(30)15-32-27(31)23-12-11-22-20-5-1-3-17(20)13-29-14-18-4-2-6-21(18)25(23)26(22)29/h1-2,5-12,17-18,20-21H,3-4,13-15H2/t17-,18-,20+,21-/m0/s1. The van der Waals surface area contributed by atoms with Gasteiger partial charge in [0.05, 0.1) is 5.56 Å². The fourth-order valence-corrected chi connectivity index (χ4v) is 6.11. The van der Waals surface area contributed by atoms with Gasteiger partial charge in [0.15, 0.2) is 12.4 Å². The van der Waals surface area contributed by atoms with Crippen LogP contribution in [-0.2, 0) is 4.74 Å². The van der Waals surface area contributed by atoms with E-state index in [0.29, 0.717) is 33.9 Å². The molecule has 32 heavy (non-hydrogen) atoms. The Bertz CT molecular complexity index is 1160. The summed E-state index contributed by atoms with van der Waals surface area (Å²) in [4.78, 5) is 28.2. The molecule has 6 rings (SSSR count). The maximum atomic E-state index is 13.2. The van der Waals surface area contributed by atoms with Crippen LogP contribution in [0.1, 0.15) is 56.5 Å². The summed E-state index contributed by atoms with van der Waals surface area (Å²) >= 11 is 5.90. The van der Waals surface area contributed by atoms with Crippen molar-refractivity contribution in [2.24, 2.45) is 11.8 Å². The normalized spacial score (nSPS) is 26.5. The first-order chi connectivity index (χ1) is 15.6. The van der Waals surface area contributed by atoms with Gasteiger partial charge in [-0.05, 0) is 66.1 Å². The number of hydrogen-bond acceptors (Lipinski definition) is 4. The first kappa shape index (κ1) is 19.8. The number of fused-ring (bicyclic) bond motifs is 4. The third-order valence-corrected chi connectivity index (χ3v) is 7.72. The van der Waals surface area contributed by atoms with Crippen LogP contribution in [0.2, 0.25) is 5.02 Å². The highest BCUT2D eigenvalue weighted by molar-refractivity contribution is 6.30. The summed E-state index contributed by atoms with van der Waals surface area (Å²) in [6.45, 7) is 1.79. The maximum Gasteiger partial charge on any atom is 0.338 e. The number of Topliss-reactive ketones (excluding diaryl/α,β-unsaturated/α-hetero) is 1. The molecule has 0 saturated carbocycles. The third-order valence-electron chi connectivity index (χ3n) is 7.47. The van der Waals surface area contributed by atoms with Gasteiger partial charge in [0, 0.05) is 41.2 Å². The van der Waals surface area contributed by atoms with Gasteiger partial charge >= 0.3 is 5.97 Å². The minimum atomic E-state index is -0.421. The number of ketones is 1. The first-order valence-electron chi connectivity index (χ1n) is 11.3. The second-order valence-electron chi connectivity index (χ2n) is 9.28. The highest BCUT2D eigenvalue weighted by Gasteiger charge is 2.44. The largest absolute Gasteiger partial charge is 0.454 e. The van der Waals surface area contributed by atoms with Crippen LogP contribution in [-0.4, -0.2) is 31.4 Å². The summed E-state index contributed by atoms with van der Waals surface area (Å²) < 4.78 is 5.52.